The lowest BCUT2D eigenvalue weighted by Gasteiger charge is -2.09. The van der Waals surface area contributed by atoms with Crippen LogP contribution >= 0.6 is 38.9 Å². The van der Waals surface area contributed by atoms with Crippen molar-refractivity contribution in [3.63, 3.8) is 0 Å². The summed E-state index contributed by atoms with van der Waals surface area (Å²) in [4.78, 5) is 1.19. The van der Waals surface area contributed by atoms with Gasteiger partial charge in [-0.3, -0.25) is 0 Å². The quantitative estimate of drug-likeness (QED) is 0.892. The molecule has 0 fully saturated rings. The highest BCUT2D eigenvalue weighted by Gasteiger charge is 2.09. The molecule has 1 aromatic carbocycles. The minimum absolute atomic E-state index is 0.0368. The summed E-state index contributed by atoms with van der Waals surface area (Å²) in [6, 6.07) is 12.0. The molecule has 4 heteroatoms. The number of thiophene rings is 1. The van der Waals surface area contributed by atoms with Gasteiger partial charge in [-0.2, -0.15) is 0 Å². The molecule has 0 aliphatic carbocycles. The van der Waals surface area contributed by atoms with E-state index in [1.807, 2.05) is 30.3 Å². The molecule has 0 aliphatic rings. The molecular formula is C12H11BrClNS. The molecule has 2 aromatic rings. The van der Waals surface area contributed by atoms with E-state index in [9.17, 15) is 0 Å². The Bertz CT molecular complexity index is 483. The largest absolute Gasteiger partial charge is 0.323 e. The Labute approximate surface area is 112 Å². The molecule has 0 saturated carbocycles. The number of hydrogen-bond donors (Lipinski definition) is 1. The average molecular weight is 317 g/mol. The molecule has 0 spiro atoms. The van der Waals surface area contributed by atoms with Gasteiger partial charge in [-0.15, -0.1) is 11.3 Å². The summed E-state index contributed by atoms with van der Waals surface area (Å²) in [5, 5.41) is 0.761. The maximum Gasteiger partial charge on any atom is 0.0701 e. The van der Waals surface area contributed by atoms with Crippen molar-refractivity contribution < 1.29 is 0 Å². The zero-order chi connectivity index (χ0) is 11.5. The van der Waals surface area contributed by atoms with Crippen LogP contribution in [0.5, 0.6) is 0 Å². The molecule has 2 N–H and O–H groups in total. The van der Waals surface area contributed by atoms with Crippen molar-refractivity contribution in [1.82, 2.24) is 0 Å². The summed E-state index contributed by atoms with van der Waals surface area (Å²) in [7, 11) is 0. The molecule has 84 valence electrons. The van der Waals surface area contributed by atoms with E-state index in [1.54, 1.807) is 11.3 Å². The van der Waals surface area contributed by atoms with Gasteiger partial charge in [0, 0.05) is 15.9 Å². The highest BCUT2D eigenvalue weighted by molar-refractivity contribution is 9.11. The van der Waals surface area contributed by atoms with Crippen LogP contribution in [-0.2, 0) is 6.42 Å². The van der Waals surface area contributed by atoms with Gasteiger partial charge in [-0.25, -0.2) is 0 Å². The molecule has 0 aliphatic heterocycles. The lowest BCUT2D eigenvalue weighted by atomic mass is 10.1. The van der Waals surface area contributed by atoms with Gasteiger partial charge >= 0.3 is 0 Å². The SMILES string of the molecule is NC(Cc1cccc(Cl)c1)c1ccc(Br)s1. The topological polar surface area (TPSA) is 26.0 Å². The summed E-state index contributed by atoms with van der Waals surface area (Å²) in [5.74, 6) is 0. The van der Waals surface area contributed by atoms with Gasteiger partial charge in [0.2, 0.25) is 0 Å². The zero-order valence-corrected chi connectivity index (χ0v) is 11.6. The van der Waals surface area contributed by atoms with Gasteiger partial charge in [0.05, 0.1) is 3.79 Å². The van der Waals surface area contributed by atoms with E-state index < -0.39 is 0 Å². The molecule has 0 bridgehead atoms. The van der Waals surface area contributed by atoms with Crippen molar-refractivity contribution in [3.8, 4) is 0 Å². The van der Waals surface area contributed by atoms with Crippen LogP contribution in [0.1, 0.15) is 16.5 Å². The highest BCUT2D eigenvalue weighted by Crippen LogP contribution is 2.28. The van der Waals surface area contributed by atoms with Crippen LogP contribution in [-0.4, -0.2) is 0 Å². The van der Waals surface area contributed by atoms with Crippen molar-refractivity contribution in [3.05, 3.63) is 55.6 Å². The third kappa shape index (κ3) is 3.08. The molecule has 16 heavy (non-hydrogen) atoms. The van der Waals surface area contributed by atoms with E-state index in [0.717, 1.165) is 15.2 Å². The van der Waals surface area contributed by atoms with Crippen LogP contribution in [0, 0.1) is 0 Å². The van der Waals surface area contributed by atoms with Crippen LogP contribution < -0.4 is 5.73 Å². The Balaban J connectivity index is 2.10. The van der Waals surface area contributed by atoms with E-state index >= 15 is 0 Å². The Morgan fingerprint density at radius 1 is 1.31 bits per heavy atom. The normalized spacial score (nSPS) is 12.7. The Hall–Kier alpha value is -0.350. The highest BCUT2D eigenvalue weighted by atomic mass is 79.9. The van der Waals surface area contributed by atoms with Crippen molar-refractivity contribution in [1.29, 1.82) is 0 Å². The van der Waals surface area contributed by atoms with Crippen molar-refractivity contribution in [2.24, 2.45) is 5.73 Å². The van der Waals surface area contributed by atoms with E-state index in [2.05, 4.69) is 22.0 Å². The van der Waals surface area contributed by atoms with Crippen LogP contribution in [0.3, 0.4) is 0 Å². The van der Waals surface area contributed by atoms with Gasteiger partial charge in [-0.05, 0) is 52.2 Å². The van der Waals surface area contributed by atoms with Crippen molar-refractivity contribution in [2.45, 2.75) is 12.5 Å². The molecule has 2 rings (SSSR count). The van der Waals surface area contributed by atoms with Gasteiger partial charge in [-0.1, -0.05) is 23.7 Å². The molecule has 1 nitrogen and oxygen atoms in total. The van der Waals surface area contributed by atoms with Gasteiger partial charge in [0.15, 0.2) is 0 Å². The molecular weight excluding hydrogens is 306 g/mol. The van der Waals surface area contributed by atoms with Crippen LogP contribution in [0.15, 0.2) is 40.2 Å². The first-order valence-corrected chi connectivity index (χ1v) is 6.89. The number of rotatable bonds is 3. The Morgan fingerprint density at radius 2 is 2.12 bits per heavy atom. The molecule has 1 heterocycles. The van der Waals surface area contributed by atoms with E-state index in [0.29, 0.717) is 0 Å². The summed E-state index contributed by atoms with van der Waals surface area (Å²) in [6.45, 7) is 0. The maximum absolute atomic E-state index is 6.14. The fourth-order valence-electron chi connectivity index (χ4n) is 1.55. The second-order valence-electron chi connectivity index (χ2n) is 3.58. The third-order valence-corrected chi connectivity index (χ3v) is 4.29. The summed E-state index contributed by atoms with van der Waals surface area (Å²) in [5.41, 5.74) is 7.31. The van der Waals surface area contributed by atoms with Gasteiger partial charge in [0.25, 0.3) is 0 Å². The molecule has 1 atom stereocenters. The number of benzene rings is 1. The van der Waals surface area contributed by atoms with Crippen molar-refractivity contribution >= 4 is 38.9 Å². The minimum atomic E-state index is 0.0368. The first-order chi connectivity index (χ1) is 7.65. The minimum Gasteiger partial charge on any atom is -0.323 e. The summed E-state index contributed by atoms with van der Waals surface area (Å²) < 4.78 is 1.11. The Morgan fingerprint density at radius 3 is 2.75 bits per heavy atom. The van der Waals surface area contributed by atoms with Crippen LogP contribution in [0.2, 0.25) is 5.02 Å². The second kappa shape index (κ2) is 5.32. The fraction of sp³-hybridized carbons (Fsp3) is 0.167. The zero-order valence-electron chi connectivity index (χ0n) is 8.49. The van der Waals surface area contributed by atoms with E-state index in [4.69, 9.17) is 17.3 Å². The molecule has 0 amide bonds. The number of hydrogen-bond acceptors (Lipinski definition) is 2. The van der Waals surface area contributed by atoms with Crippen LogP contribution in [0.25, 0.3) is 0 Å². The van der Waals surface area contributed by atoms with Crippen LogP contribution in [0.4, 0.5) is 0 Å². The van der Waals surface area contributed by atoms with Gasteiger partial charge < -0.3 is 5.73 Å². The number of halogens is 2. The number of nitrogens with two attached hydrogens (primary N) is 1. The van der Waals surface area contributed by atoms with Crippen molar-refractivity contribution in [2.75, 3.05) is 0 Å². The smallest absolute Gasteiger partial charge is 0.0701 e. The molecule has 1 unspecified atom stereocenters. The molecule has 0 saturated heterocycles. The third-order valence-electron chi connectivity index (χ3n) is 2.30. The Kier molecular flexibility index (Phi) is 4.03. The van der Waals surface area contributed by atoms with E-state index in [-0.39, 0.29) is 6.04 Å². The lowest BCUT2D eigenvalue weighted by molar-refractivity contribution is 0.736. The predicted molar refractivity (Wildman–Crippen MR) is 74.1 cm³/mol. The first-order valence-electron chi connectivity index (χ1n) is 4.90. The average Bonchev–Trinajstić information content (AvgIpc) is 2.65. The summed E-state index contributed by atoms with van der Waals surface area (Å²) >= 11 is 11.1. The molecule has 0 radical (unpaired) electrons. The standard InChI is InChI=1S/C12H11BrClNS/c13-12-5-4-11(16-12)10(15)7-8-2-1-3-9(14)6-8/h1-6,10H,7,15H2. The lowest BCUT2D eigenvalue weighted by Crippen LogP contribution is -2.11. The second-order valence-corrected chi connectivity index (χ2v) is 6.51. The van der Waals surface area contributed by atoms with Gasteiger partial charge in [0.1, 0.15) is 0 Å². The maximum atomic E-state index is 6.14. The van der Waals surface area contributed by atoms with E-state index in [1.165, 1.54) is 10.4 Å². The predicted octanol–water partition coefficient (Wildman–Crippen LogP) is 4.41. The summed E-state index contributed by atoms with van der Waals surface area (Å²) in [6.07, 6.45) is 0.813. The monoisotopic (exact) mass is 315 g/mol. The first kappa shape index (κ1) is 12.1. The fourth-order valence-corrected chi connectivity index (χ4v) is 3.18. The molecule has 1 aromatic heterocycles.